The number of benzene rings is 2. The van der Waals surface area contributed by atoms with E-state index >= 15 is 0 Å². The van der Waals surface area contributed by atoms with E-state index in [0.29, 0.717) is 13.1 Å². The number of hydrogen-bond donors (Lipinski definition) is 2. The summed E-state index contributed by atoms with van der Waals surface area (Å²) in [5, 5.41) is 5.92. The SMILES string of the molecule is CCCCCCN(C(=O)C(Cc1ccccc1)NC(=O)OC(C)(C)C)C(C(=O)NCCCCC)c1ccc(C)cc1. The van der Waals surface area contributed by atoms with Crippen LogP contribution < -0.4 is 10.6 Å². The summed E-state index contributed by atoms with van der Waals surface area (Å²) in [6.07, 6.45) is 6.39. The highest BCUT2D eigenvalue weighted by molar-refractivity contribution is 5.92. The van der Waals surface area contributed by atoms with Gasteiger partial charge < -0.3 is 20.3 Å². The average molecular weight is 566 g/mol. The first-order valence-corrected chi connectivity index (χ1v) is 15.2. The molecule has 0 radical (unpaired) electrons. The van der Waals surface area contributed by atoms with Gasteiger partial charge in [0.05, 0.1) is 0 Å². The summed E-state index contributed by atoms with van der Waals surface area (Å²) in [5.74, 6) is -0.505. The van der Waals surface area contributed by atoms with Crippen molar-refractivity contribution < 1.29 is 19.1 Å². The summed E-state index contributed by atoms with van der Waals surface area (Å²) in [6, 6.07) is 15.6. The number of rotatable bonds is 16. The number of hydrogen-bond acceptors (Lipinski definition) is 4. The molecule has 2 aromatic rings. The van der Waals surface area contributed by atoms with Gasteiger partial charge in [0, 0.05) is 19.5 Å². The van der Waals surface area contributed by atoms with Crippen molar-refractivity contribution in [3.05, 3.63) is 71.3 Å². The van der Waals surface area contributed by atoms with Crippen molar-refractivity contribution in [3.8, 4) is 0 Å². The van der Waals surface area contributed by atoms with Crippen LogP contribution >= 0.6 is 0 Å². The quantitative estimate of drug-likeness (QED) is 0.217. The highest BCUT2D eigenvalue weighted by Gasteiger charge is 2.36. The predicted molar refractivity (Wildman–Crippen MR) is 166 cm³/mol. The van der Waals surface area contributed by atoms with Gasteiger partial charge in [0.15, 0.2) is 0 Å². The van der Waals surface area contributed by atoms with Crippen molar-refractivity contribution in [1.29, 1.82) is 0 Å². The van der Waals surface area contributed by atoms with Gasteiger partial charge in [0.25, 0.3) is 0 Å². The van der Waals surface area contributed by atoms with Gasteiger partial charge in [-0.15, -0.1) is 0 Å². The molecular weight excluding hydrogens is 514 g/mol. The van der Waals surface area contributed by atoms with Gasteiger partial charge in [-0.1, -0.05) is 106 Å². The van der Waals surface area contributed by atoms with Gasteiger partial charge in [-0.25, -0.2) is 4.79 Å². The molecule has 0 aliphatic heterocycles. The Kier molecular flexibility index (Phi) is 14.4. The zero-order chi connectivity index (χ0) is 30.3. The summed E-state index contributed by atoms with van der Waals surface area (Å²) in [7, 11) is 0. The lowest BCUT2D eigenvalue weighted by molar-refractivity contribution is -0.142. The van der Waals surface area contributed by atoms with Gasteiger partial charge >= 0.3 is 6.09 Å². The molecule has 41 heavy (non-hydrogen) atoms. The number of carbonyl (C=O) groups is 3. The summed E-state index contributed by atoms with van der Waals surface area (Å²) in [6.45, 7) is 12.6. The minimum atomic E-state index is -0.903. The Labute approximate surface area is 247 Å². The molecule has 0 bridgehead atoms. The van der Waals surface area contributed by atoms with Gasteiger partial charge in [0.1, 0.15) is 17.7 Å². The van der Waals surface area contributed by atoms with Crippen LogP contribution in [0.25, 0.3) is 0 Å². The molecule has 226 valence electrons. The fourth-order valence-electron chi connectivity index (χ4n) is 4.68. The molecule has 2 N–H and O–H groups in total. The lowest BCUT2D eigenvalue weighted by atomic mass is 9.99. The average Bonchev–Trinajstić information content (AvgIpc) is 2.92. The molecule has 0 heterocycles. The van der Waals surface area contributed by atoms with E-state index in [9.17, 15) is 14.4 Å². The molecule has 7 heteroatoms. The number of nitrogens with one attached hydrogen (secondary N) is 2. The van der Waals surface area contributed by atoms with Crippen molar-refractivity contribution in [2.24, 2.45) is 0 Å². The molecule has 0 fully saturated rings. The van der Waals surface area contributed by atoms with E-state index in [2.05, 4.69) is 24.5 Å². The first-order chi connectivity index (χ1) is 19.6. The molecule has 2 rings (SSSR count). The number of amides is 3. The van der Waals surface area contributed by atoms with Crippen LogP contribution in [0.3, 0.4) is 0 Å². The van der Waals surface area contributed by atoms with E-state index < -0.39 is 23.8 Å². The zero-order valence-electron chi connectivity index (χ0n) is 26.0. The molecule has 7 nitrogen and oxygen atoms in total. The minimum absolute atomic E-state index is 0.204. The summed E-state index contributed by atoms with van der Waals surface area (Å²) >= 11 is 0. The molecule has 0 saturated heterocycles. The topological polar surface area (TPSA) is 87.7 Å². The van der Waals surface area contributed by atoms with Gasteiger partial charge in [0.2, 0.25) is 11.8 Å². The highest BCUT2D eigenvalue weighted by Crippen LogP contribution is 2.25. The monoisotopic (exact) mass is 565 g/mol. The third-order valence-corrected chi connectivity index (χ3v) is 6.84. The van der Waals surface area contributed by atoms with Crippen molar-refractivity contribution >= 4 is 17.9 Å². The fourth-order valence-corrected chi connectivity index (χ4v) is 4.68. The molecule has 0 aliphatic carbocycles. The molecule has 2 unspecified atom stereocenters. The van der Waals surface area contributed by atoms with Crippen LogP contribution in [0, 0.1) is 6.92 Å². The number of nitrogens with zero attached hydrogens (tertiary/aromatic N) is 1. The number of carbonyl (C=O) groups excluding carboxylic acids is 3. The molecule has 3 amide bonds. The molecule has 0 saturated carbocycles. The zero-order valence-corrected chi connectivity index (χ0v) is 26.0. The number of alkyl carbamates (subject to hydrolysis) is 1. The van der Waals surface area contributed by atoms with Crippen molar-refractivity contribution in [2.75, 3.05) is 13.1 Å². The minimum Gasteiger partial charge on any atom is -0.444 e. The van der Waals surface area contributed by atoms with Crippen molar-refractivity contribution in [1.82, 2.24) is 15.5 Å². The molecule has 0 aromatic heterocycles. The van der Waals surface area contributed by atoms with E-state index in [1.807, 2.05) is 61.5 Å². The van der Waals surface area contributed by atoms with E-state index in [0.717, 1.165) is 61.6 Å². The molecule has 0 aliphatic rings. The largest absolute Gasteiger partial charge is 0.444 e. The van der Waals surface area contributed by atoms with Gasteiger partial charge in [-0.3, -0.25) is 9.59 Å². The Bertz CT molecular complexity index is 1060. The van der Waals surface area contributed by atoms with Crippen LogP contribution in [-0.4, -0.2) is 47.5 Å². The lowest BCUT2D eigenvalue weighted by Crippen LogP contribution is -2.54. The van der Waals surface area contributed by atoms with E-state index in [1.165, 1.54) is 0 Å². The smallest absolute Gasteiger partial charge is 0.408 e. The maximum absolute atomic E-state index is 14.5. The predicted octanol–water partition coefficient (Wildman–Crippen LogP) is 6.89. The molecule has 2 atom stereocenters. The van der Waals surface area contributed by atoms with Crippen LogP contribution in [0.5, 0.6) is 0 Å². The Morgan fingerprint density at radius 3 is 2.10 bits per heavy atom. The highest BCUT2D eigenvalue weighted by atomic mass is 16.6. The summed E-state index contributed by atoms with van der Waals surface area (Å²) < 4.78 is 5.53. The number of aryl methyl sites for hydroxylation is 1. The third kappa shape index (κ3) is 12.4. The molecule has 2 aromatic carbocycles. The Morgan fingerprint density at radius 2 is 1.49 bits per heavy atom. The second kappa shape index (κ2) is 17.5. The first-order valence-electron chi connectivity index (χ1n) is 15.2. The fraction of sp³-hybridized carbons (Fsp3) is 0.559. The number of ether oxygens (including phenoxy) is 1. The van der Waals surface area contributed by atoms with E-state index in [1.54, 1.807) is 25.7 Å². The first kappa shape index (κ1) is 33.9. The Morgan fingerprint density at radius 1 is 0.854 bits per heavy atom. The van der Waals surface area contributed by atoms with Crippen LogP contribution in [-0.2, 0) is 20.7 Å². The molecular formula is C34H51N3O4. The van der Waals surface area contributed by atoms with Crippen LogP contribution in [0.15, 0.2) is 54.6 Å². The Hall–Kier alpha value is -3.35. The van der Waals surface area contributed by atoms with E-state index in [-0.39, 0.29) is 18.2 Å². The lowest BCUT2D eigenvalue weighted by Gasteiger charge is -2.35. The third-order valence-electron chi connectivity index (χ3n) is 6.84. The second-order valence-corrected chi connectivity index (χ2v) is 11.8. The standard InChI is InChI=1S/C34H51N3O4/c1-7-9-11-16-24-37(30(28-21-19-26(3)20-22-28)31(38)35-23-15-10-8-2)32(39)29(25-27-17-13-12-14-18-27)36-33(40)41-34(4,5)6/h12-14,17-22,29-30H,7-11,15-16,23-25H2,1-6H3,(H,35,38)(H,36,40). The Balaban J connectivity index is 2.49. The van der Waals surface area contributed by atoms with E-state index in [4.69, 9.17) is 4.74 Å². The van der Waals surface area contributed by atoms with Crippen molar-refractivity contribution in [3.63, 3.8) is 0 Å². The summed E-state index contributed by atoms with van der Waals surface area (Å²) in [4.78, 5) is 42.8. The van der Waals surface area contributed by atoms with Crippen molar-refractivity contribution in [2.45, 2.75) is 111 Å². The van der Waals surface area contributed by atoms with Gasteiger partial charge in [-0.05, 0) is 51.7 Å². The van der Waals surface area contributed by atoms with Crippen LogP contribution in [0.4, 0.5) is 4.79 Å². The van der Waals surface area contributed by atoms with Gasteiger partial charge in [-0.2, -0.15) is 0 Å². The maximum Gasteiger partial charge on any atom is 0.408 e. The normalized spacial score (nSPS) is 12.7. The second-order valence-electron chi connectivity index (χ2n) is 11.8. The van der Waals surface area contributed by atoms with Crippen LogP contribution in [0.1, 0.15) is 102 Å². The summed E-state index contributed by atoms with van der Waals surface area (Å²) in [5.41, 5.74) is 2.02. The maximum atomic E-state index is 14.5. The molecule has 0 spiro atoms. The number of unbranched alkanes of at least 4 members (excludes halogenated alkanes) is 5. The van der Waals surface area contributed by atoms with Crippen LogP contribution in [0.2, 0.25) is 0 Å².